The summed E-state index contributed by atoms with van der Waals surface area (Å²) in [6.45, 7) is 1.09. The van der Waals surface area contributed by atoms with Gasteiger partial charge in [0.2, 0.25) is 6.41 Å². The van der Waals surface area contributed by atoms with Crippen LogP contribution in [0.25, 0.3) is 5.69 Å². The molecule has 1 aromatic heterocycles. The number of hydrogen-bond acceptors (Lipinski definition) is 3. The number of carbonyl (C=O) groups is 2. The summed E-state index contributed by atoms with van der Waals surface area (Å²) >= 11 is 0. The van der Waals surface area contributed by atoms with Crippen molar-refractivity contribution in [2.24, 2.45) is 0 Å². The van der Waals surface area contributed by atoms with Gasteiger partial charge in [0.1, 0.15) is 0 Å². The SMILES string of the molecule is O=CNCCCNC(=O)c1ccc(-n2ccnc2)cc1. The highest BCUT2D eigenvalue weighted by Crippen LogP contribution is 2.09. The van der Waals surface area contributed by atoms with E-state index < -0.39 is 0 Å². The quantitative estimate of drug-likeness (QED) is 0.576. The van der Waals surface area contributed by atoms with E-state index >= 15 is 0 Å². The van der Waals surface area contributed by atoms with E-state index in [4.69, 9.17) is 0 Å². The number of nitrogens with one attached hydrogen (secondary N) is 2. The smallest absolute Gasteiger partial charge is 0.251 e. The first-order valence-electron chi connectivity index (χ1n) is 6.35. The van der Waals surface area contributed by atoms with Crippen LogP contribution in [0.1, 0.15) is 16.8 Å². The molecule has 2 aromatic rings. The molecular weight excluding hydrogens is 256 g/mol. The molecule has 0 unspecified atom stereocenters. The molecule has 0 saturated carbocycles. The van der Waals surface area contributed by atoms with Gasteiger partial charge in [-0.1, -0.05) is 0 Å². The third-order valence-corrected chi connectivity index (χ3v) is 2.80. The maximum absolute atomic E-state index is 11.9. The van der Waals surface area contributed by atoms with Gasteiger partial charge in [-0.25, -0.2) is 4.98 Å². The summed E-state index contributed by atoms with van der Waals surface area (Å²) in [7, 11) is 0. The predicted molar refractivity (Wildman–Crippen MR) is 74.6 cm³/mol. The van der Waals surface area contributed by atoms with Crippen LogP contribution in [0.2, 0.25) is 0 Å². The zero-order valence-corrected chi connectivity index (χ0v) is 11.0. The van der Waals surface area contributed by atoms with E-state index in [-0.39, 0.29) is 5.91 Å². The van der Waals surface area contributed by atoms with Crippen LogP contribution in [0.3, 0.4) is 0 Å². The van der Waals surface area contributed by atoms with Gasteiger partial charge in [0.05, 0.1) is 6.33 Å². The summed E-state index contributed by atoms with van der Waals surface area (Å²) < 4.78 is 1.87. The standard InChI is InChI=1S/C14H16N4O2/c19-11-16-6-1-7-17-14(20)12-2-4-13(5-3-12)18-9-8-15-10-18/h2-5,8-11H,1,6-7H2,(H,16,19)(H,17,20). The van der Waals surface area contributed by atoms with E-state index in [1.54, 1.807) is 24.7 Å². The van der Waals surface area contributed by atoms with Crippen molar-refractivity contribution in [1.29, 1.82) is 0 Å². The molecule has 2 rings (SSSR count). The van der Waals surface area contributed by atoms with Gasteiger partial charge < -0.3 is 15.2 Å². The van der Waals surface area contributed by atoms with Crippen LogP contribution in [0.4, 0.5) is 0 Å². The Bertz CT molecular complexity index is 549. The lowest BCUT2D eigenvalue weighted by molar-refractivity contribution is -0.109. The number of imidazole rings is 1. The number of carbonyl (C=O) groups excluding carboxylic acids is 2. The highest BCUT2D eigenvalue weighted by Gasteiger charge is 2.04. The lowest BCUT2D eigenvalue weighted by Gasteiger charge is -2.06. The third kappa shape index (κ3) is 3.68. The molecule has 2 amide bonds. The molecular formula is C14H16N4O2. The van der Waals surface area contributed by atoms with E-state index in [1.807, 2.05) is 22.9 Å². The fraction of sp³-hybridized carbons (Fsp3) is 0.214. The lowest BCUT2D eigenvalue weighted by Crippen LogP contribution is -2.27. The van der Waals surface area contributed by atoms with E-state index in [0.29, 0.717) is 31.5 Å². The Kier molecular flexibility index (Phi) is 4.88. The largest absolute Gasteiger partial charge is 0.359 e. The van der Waals surface area contributed by atoms with E-state index in [9.17, 15) is 9.59 Å². The van der Waals surface area contributed by atoms with Crippen molar-refractivity contribution in [1.82, 2.24) is 20.2 Å². The van der Waals surface area contributed by atoms with Crippen LogP contribution in [0, 0.1) is 0 Å². The third-order valence-electron chi connectivity index (χ3n) is 2.80. The van der Waals surface area contributed by atoms with E-state index in [2.05, 4.69) is 15.6 Å². The molecule has 0 saturated heterocycles. The Hall–Kier alpha value is -2.63. The molecule has 0 bridgehead atoms. The number of hydrogen-bond donors (Lipinski definition) is 2. The van der Waals surface area contributed by atoms with Gasteiger partial charge in [-0.05, 0) is 30.7 Å². The van der Waals surface area contributed by atoms with Crippen LogP contribution in [-0.2, 0) is 4.79 Å². The van der Waals surface area contributed by atoms with Crippen LogP contribution < -0.4 is 10.6 Å². The lowest BCUT2D eigenvalue weighted by atomic mass is 10.2. The first kappa shape index (κ1) is 13.8. The summed E-state index contributed by atoms with van der Waals surface area (Å²) in [5.41, 5.74) is 1.56. The highest BCUT2D eigenvalue weighted by atomic mass is 16.1. The molecule has 6 heteroatoms. The topological polar surface area (TPSA) is 76.0 Å². The van der Waals surface area contributed by atoms with Crippen molar-refractivity contribution in [2.75, 3.05) is 13.1 Å². The predicted octanol–water partition coefficient (Wildman–Crippen LogP) is 0.738. The zero-order chi connectivity index (χ0) is 14.2. The minimum Gasteiger partial charge on any atom is -0.359 e. The van der Waals surface area contributed by atoms with Crippen LogP contribution in [-0.4, -0.2) is 35.0 Å². The first-order valence-corrected chi connectivity index (χ1v) is 6.35. The molecule has 0 aliphatic rings. The molecule has 0 radical (unpaired) electrons. The molecule has 6 nitrogen and oxygen atoms in total. The molecule has 1 aromatic carbocycles. The normalized spacial score (nSPS) is 10.0. The molecule has 1 heterocycles. The van der Waals surface area contributed by atoms with Crippen molar-refractivity contribution >= 4 is 12.3 Å². The molecule has 0 atom stereocenters. The Morgan fingerprint density at radius 2 is 2.05 bits per heavy atom. The molecule has 0 aliphatic carbocycles. The van der Waals surface area contributed by atoms with Gasteiger partial charge in [-0.15, -0.1) is 0 Å². The van der Waals surface area contributed by atoms with Crippen LogP contribution in [0.5, 0.6) is 0 Å². The summed E-state index contributed by atoms with van der Waals surface area (Å²) in [4.78, 5) is 25.9. The second kappa shape index (κ2) is 7.08. The minimum absolute atomic E-state index is 0.117. The summed E-state index contributed by atoms with van der Waals surface area (Å²) in [6, 6.07) is 7.28. The molecule has 2 N–H and O–H groups in total. The van der Waals surface area contributed by atoms with Crippen molar-refractivity contribution in [3.05, 3.63) is 48.5 Å². The van der Waals surface area contributed by atoms with E-state index in [1.165, 1.54) is 0 Å². The van der Waals surface area contributed by atoms with Crippen LogP contribution >= 0.6 is 0 Å². The summed E-state index contributed by atoms with van der Waals surface area (Å²) in [6.07, 6.45) is 6.60. The Morgan fingerprint density at radius 3 is 2.70 bits per heavy atom. The number of benzene rings is 1. The number of rotatable bonds is 7. The number of aromatic nitrogens is 2. The van der Waals surface area contributed by atoms with E-state index in [0.717, 1.165) is 5.69 Å². The van der Waals surface area contributed by atoms with Gasteiger partial charge in [0.25, 0.3) is 5.91 Å². The Balaban J connectivity index is 1.86. The maximum atomic E-state index is 11.9. The maximum Gasteiger partial charge on any atom is 0.251 e. The van der Waals surface area contributed by atoms with Crippen molar-refractivity contribution in [3.63, 3.8) is 0 Å². The van der Waals surface area contributed by atoms with Crippen molar-refractivity contribution in [3.8, 4) is 5.69 Å². The average molecular weight is 272 g/mol. The minimum atomic E-state index is -0.117. The second-order valence-electron chi connectivity index (χ2n) is 4.20. The van der Waals surface area contributed by atoms with Crippen LogP contribution in [0.15, 0.2) is 43.0 Å². The summed E-state index contributed by atoms with van der Waals surface area (Å²) in [5, 5.41) is 5.34. The molecule has 0 fully saturated rings. The molecule has 20 heavy (non-hydrogen) atoms. The van der Waals surface area contributed by atoms with Crippen molar-refractivity contribution < 1.29 is 9.59 Å². The first-order chi connectivity index (χ1) is 9.81. The van der Waals surface area contributed by atoms with Gasteiger partial charge in [-0.2, -0.15) is 0 Å². The number of nitrogens with zero attached hydrogens (tertiary/aromatic N) is 2. The van der Waals surface area contributed by atoms with Gasteiger partial charge in [-0.3, -0.25) is 9.59 Å². The molecule has 0 spiro atoms. The number of amides is 2. The fourth-order valence-corrected chi connectivity index (χ4v) is 1.75. The molecule has 0 aliphatic heterocycles. The van der Waals surface area contributed by atoms with Gasteiger partial charge in [0.15, 0.2) is 0 Å². The second-order valence-corrected chi connectivity index (χ2v) is 4.20. The summed E-state index contributed by atoms with van der Waals surface area (Å²) in [5.74, 6) is -0.117. The monoisotopic (exact) mass is 272 g/mol. The average Bonchev–Trinajstić information content (AvgIpc) is 3.01. The fourth-order valence-electron chi connectivity index (χ4n) is 1.75. The van der Waals surface area contributed by atoms with Gasteiger partial charge in [0, 0.05) is 36.7 Å². The van der Waals surface area contributed by atoms with Crippen molar-refractivity contribution in [2.45, 2.75) is 6.42 Å². The highest BCUT2D eigenvalue weighted by molar-refractivity contribution is 5.94. The van der Waals surface area contributed by atoms with Gasteiger partial charge >= 0.3 is 0 Å². The molecule has 104 valence electrons. The Labute approximate surface area is 116 Å². The zero-order valence-electron chi connectivity index (χ0n) is 11.0. The Morgan fingerprint density at radius 1 is 1.25 bits per heavy atom.